The maximum atomic E-state index is 5.95. The van der Waals surface area contributed by atoms with E-state index in [1.807, 2.05) is 0 Å². The van der Waals surface area contributed by atoms with Gasteiger partial charge in [0.2, 0.25) is 0 Å². The number of ether oxygens (including phenoxy) is 1. The molecule has 1 fully saturated rings. The Kier molecular flexibility index (Phi) is 4.06. The van der Waals surface area contributed by atoms with Crippen LogP contribution in [0.5, 0.6) is 0 Å². The van der Waals surface area contributed by atoms with Gasteiger partial charge in [0.25, 0.3) is 0 Å². The second-order valence-electron chi connectivity index (χ2n) is 5.45. The third-order valence-electron chi connectivity index (χ3n) is 3.36. The first kappa shape index (κ1) is 12.1. The van der Waals surface area contributed by atoms with Crippen molar-refractivity contribution >= 4 is 7.85 Å². The fraction of sp³-hybridized carbons (Fsp3) is 1.00. The highest BCUT2D eigenvalue weighted by Gasteiger charge is 2.40. The van der Waals surface area contributed by atoms with Crippen molar-refractivity contribution in [3.63, 3.8) is 0 Å². The van der Waals surface area contributed by atoms with Crippen LogP contribution in [-0.2, 0) is 4.74 Å². The highest BCUT2D eigenvalue weighted by Crippen LogP contribution is 2.38. The minimum atomic E-state index is -0.0499. The average molecular weight is 194 g/mol. The summed E-state index contributed by atoms with van der Waals surface area (Å²) in [7, 11) is 5.95. The molecule has 1 rings (SSSR count). The minimum Gasteiger partial charge on any atom is -0.384 e. The Balaban J connectivity index is 2.65. The standard InChI is InChI=1S/C12H23BO/c1-7(2)6-10-11(8(3)4)9(5)12(13)14-10/h7-12H,6H2,1-5H3/t9-,10-,11+,12-/m1/s1. The van der Waals surface area contributed by atoms with Crippen molar-refractivity contribution in [3.05, 3.63) is 0 Å². The number of hydrogen-bond donors (Lipinski definition) is 0. The molecule has 0 aliphatic carbocycles. The van der Waals surface area contributed by atoms with Gasteiger partial charge in [0.15, 0.2) is 0 Å². The van der Waals surface area contributed by atoms with E-state index in [0.29, 0.717) is 29.8 Å². The van der Waals surface area contributed by atoms with Gasteiger partial charge in [0, 0.05) is 6.00 Å². The first-order chi connectivity index (χ1) is 6.43. The van der Waals surface area contributed by atoms with Gasteiger partial charge in [-0.2, -0.15) is 0 Å². The summed E-state index contributed by atoms with van der Waals surface area (Å²) in [6.45, 7) is 11.3. The molecule has 4 atom stereocenters. The monoisotopic (exact) mass is 194 g/mol. The molecule has 0 aromatic rings. The van der Waals surface area contributed by atoms with Gasteiger partial charge >= 0.3 is 0 Å². The highest BCUT2D eigenvalue weighted by atomic mass is 16.5. The third kappa shape index (κ3) is 2.53. The molecule has 0 bridgehead atoms. The fourth-order valence-corrected chi connectivity index (χ4v) is 2.69. The van der Waals surface area contributed by atoms with E-state index in [2.05, 4.69) is 34.6 Å². The maximum absolute atomic E-state index is 5.95. The Morgan fingerprint density at radius 1 is 1.21 bits per heavy atom. The first-order valence-corrected chi connectivity index (χ1v) is 5.84. The van der Waals surface area contributed by atoms with E-state index >= 15 is 0 Å². The molecular weight excluding hydrogens is 171 g/mol. The Morgan fingerprint density at radius 2 is 1.79 bits per heavy atom. The van der Waals surface area contributed by atoms with Crippen molar-refractivity contribution in [2.24, 2.45) is 23.7 Å². The van der Waals surface area contributed by atoms with Crippen LogP contribution in [0.3, 0.4) is 0 Å². The lowest BCUT2D eigenvalue weighted by molar-refractivity contribution is 0.0471. The number of hydrogen-bond acceptors (Lipinski definition) is 1. The largest absolute Gasteiger partial charge is 0.384 e. The SMILES string of the molecule is [B][C@@H]1O[C@H](CC(C)C)[C@@H](C(C)C)[C@H]1C. The Labute approximate surface area is 90.0 Å². The minimum absolute atomic E-state index is 0.0499. The quantitative estimate of drug-likeness (QED) is 0.627. The van der Waals surface area contributed by atoms with Crippen LogP contribution in [0.2, 0.25) is 0 Å². The maximum Gasteiger partial charge on any atom is 0.109 e. The smallest absolute Gasteiger partial charge is 0.109 e. The molecule has 80 valence electrons. The van der Waals surface area contributed by atoms with Crippen molar-refractivity contribution < 1.29 is 4.74 Å². The lowest BCUT2D eigenvalue weighted by atomic mass is 9.74. The molecule has 1 heterocycles. The van der Waals surface area contributed by atoms with E-state index in [1.165, 1.54) is 0 Å². The zero-order chi connectivity index (χ0) is 10.9. The molecule has 1 saturated heterocycles. The second-order valence-corrected chi connectivity index (χ2v) is 5.45. The van der Waals surface area contributed by atoms with Gasteiger partial charge in [-0.3, -0.25) is 0 Å². The van der Waals surface area contributed by atoms with E-state index in [1.54, 1.807) is 0 Å². The molecule has 2 radical (unpaired) electrons. The summed E-state index contributed by atoms with van der Waals surface area (Å²) in [5.41, 5.74) is 0. The molecule has 0 unspecified atom stereocenters. The van der Waals surface area contributed by atoms with E-state index in [9.17, 15) is 0 Å². The Hall–Kier alpha value is 0.0249. The van der Waals surface area contributed by atoms with Crippen molar-refractivity contribution in [3.8, 4) is 0 Å². The van der Waals surface area contributed by atoms with Crippen LogP contribution in [0.25, 0.3) is 0 Å². The molecule has 1 aliphatic rings. The molecule has 2 heteroatoms. The summed E-state index contributed by atoms with van der Waals surface area (Å²) in [6, 6.07) is -0.0499. The second kappa shape index (κ2) is 4.70. The molecule has 0 N–H and O–H groups in total. The summed E-state index contributed by atoms with van der Waals surface area (Å²) in [5, 5.41) is 0. The molecule has 0 aromatic heterocycles. The Bertz CT molecular complexity index is 177. The van der Waals surface area contributed by atoms with Crippen LogP contribution in [0, 0.1) is 23.7 Å². The summed E-state index contributed by atoms with van der Waals surface area (Å²) in [5.74, 6) is 2.49. The molecule has 0 amide bonds. The molecular formula is C12H23BO. The van der Waals surface area contributed by atoms with Gasteiger partial charge in [-0.05, 0) is 30.1 Å². The molecule has 14 heavy (non-hydrogen) atoms. The van der Waals surface area contributed by atoms with Gasteiger partial charge in [-0.25, -0.2) is 0 Å². The van der Waals surface area contributed by atoms with Gasteiger partial charge in [0.05, 0.1) is 6.10 Å². The fourth-order valence-electron chi connectivity index (χ4n) is 2.69. The first-order valence-electron chi connectivity index (χ1n) is 5.84. The van der Waals surface area contributed by atoms with Crippen LogP contribution < -0.4 is 0 Å². The predicted molar refractivity (Wildman–Crippen MR) is 61.4 cm³/mol. The van der Waals surface area contributed by atoms with E-state index < -0.39 is 0 Å². The van der Waals surface area contributed by atoms with Crippen LogP contribution in [0.4, 0.5) is 0 Å². The lowest BCUT2D eigenvalue weighted by Gasteiger charge is -2.26. The average Bonchev–Trinajstić information content (AvgIpc) is 2.26. The Morgan fingerprint density at radius 3 is 2.21 bits per heavy atom. The number of rotatable bonds is 3. The molecule has 1 nitrogen and oxygen atoms in total. The van der Waals surface area contributed by atoms with Gasteiger partial charge < -0.3 is 4.74 Å². The van der Waals surface area contributed by atoms with E-state index in [4.69, 9.17) is 12.6 Å². The summed E-state index contributed by atoms with van der Waals surface area (Å²) in [4.78, 5) is 0. The van der Waals surface area contributed by atoms with Crippen molar-refractivity contribution in [1.29, 1.82) is 0 Å². The summed E-state index contributed by atoms with van der Waals surface area (Å²) >= 11 is 0. The molecule has 0 saturated carbocycles. The normalized spacial score (nSPS) is 38.5. The van der Waals surface area contributed by atoms with Crippen LogP contribution in [0.15, 0.2) is 0 Å². The molecule has 1 aliphatic heterocycles. The summed E-state index contributed by atoms with van der Waals surface area (Å²) < 4.78 is 5.84. The van der Waals surface area contributed by atoms with Crippen LogP contribution in [-0.4, -0.2) is 20.0 Å². The van der Waals surface area contributed by atoms with Crippen LogP contribution >= 0.6 is 0 Å². The third-order valence-corrected chi connectivity index (χ3v) is 3.36. The van der Waals surface area contributed by atoms with Gasteiger partial charge in [0.1, 0.15) is 7.85 Å². The van der Waals surface area contributed by atoms with Crippen molar-refractivity contribution in [1.82, 2.24) is 0 Å². The zero-order valence-electron chi connectivity index (χ0n) is 10.2. The van der Waals surface area contributed by atoms with Crippen molar-refractivity contribution in [2.45, 2.75) is 53.1 Å². The zero-order valence-corrected chi connectivity index (χ0v) is 10.2. The van der Waals surface area contributed by atoms with Gasteiger partial charge in [-0.15, -0.1) is 0 Å². The predicted octanol–water partition coefficient (Wildman–Crippen LogP) is 2.83. The topological polar surface area (TPSA) is 9.23 Å². The van der Waals surface area contributed by atoms with E-state index in [-0.39, 0.29) is 6.00 Å². The van der Waals surface area contributed by atoms with Crippen LogP contribution in [0.1, 0.15) is 41.0 Å². The summed E-state index contributed by atoms with van der Waals surface area (Å²) in [6.07, 6.45) is 1.51. The molecule has 0 aromatic carbocycles. The molecule has 0 spiro atoms. The van der Waals surface area contributed by atoms with Gasteiger partial charge in [-0.1, -0.05) is 34.6 Å². The van der Waals surface area contributed by atoms with Crippen molar-refractivity contribution in [2.75, 3.05) is 0 Å². The lowest BCUT2D eigenvalue weighted by Crippen LogP contribution is -2.26. The van der Waals surface area contributed by atoms with E-state index in [0.717, 1.165) is 6.42 Å². The highest BCUT2D eigenvalue weighted by molar-refractivity contribution is 6.11.